The number of nitrogens with one attached hydrogen (secondary N) is 1. The van der Waals surface area contributed by atoms with Crippen LogP contribution < -0.4 is 5.32 Å². The summed E-state index contributed by atoms with van der Waals surface area (Å²) in [7, 11) is 0. The lowest BCUT2D eigenvalue weighted by Gasteiger charge is -2.03. The van der Waals surface area contributed by atoms with Crippen molar-refractivity contribution in [3.05, 3.63) is 76.8 Å². The Morgan fingerprint density at radius 1 is 1.22 bits per heavy atom. The van der Waals surface area contributed by atoms with E-state index in [1.165, 1.54) is 0 Å². The molecule has 0 saturated carbocycles. The molecule has 5 heteroatoms. The second-order valence-corrected chi connectivity index (χ2v) is 5.53. The number of hydrogen-bond acceptors (Lipinski definition) is 3. The van der Waals surface area contributed by atoms with E-state index in [-0.39, 0.29) is 5.91 Å². The number of carbonyl (C=O) groups is 1. The zero-order chi connectivity index (χ0) is 16.2. The standard InChI is InChI=1S/C18H15ClN2O2/c1-12-16(18(22)21-11-15-4-2-3-9-20-15)10-17(23-12)13-5-7-14(19)8-6-13/h2-10H,11H2,1H3,(H,21,22). The van der Waals surface area contributed by atoms with Gasteiger partial charge >= 0.3 is 0 Å². The van der Waals surface area contributed by atoms with Crippen LogP contribution in [0.4, 0.5) is 0 Å². The molecule has 0 atom stereocenters. The van der Waals surface area contributed by atoms with Crippen LogP contribution >= 0.6 is 11.6 Å². The van der Waals surface area contributed by atoms with Crippen molar-refractivity contribution in [2.24, 2.45) is 0 Å². The highest BCUT2D eigenvalue weighted by atomic mass is 35.5. The number of hydrogen-bond donors (Lipinski definition) is 1. The van der Waals surface area contributed by atoms with Gasteiger partial charge in [0.1, 0.15) is 11.5 Å². The summed E-state index contributed by atoms with van der Waals surface area (Å²) < 4.78 is 5.69. The molecule has 0 unspecified atom stereocenters. The summed E-state index contributed by atoms with van der Waals surface area (Å²) in [5.41, 5.74) is 2.20. The first-order valence-corrected chi connectivity index (χ1v) is 7.56. The molecule has 0 aliphatic carbocycles. The van der Waals surface area contributed by atoms with Crippen LogP contribution in [0, 0.1) is 6.92 Å². The Morgan fingerprint density at radius 3 is 2.70 bits per heavy atom. The topological polar surface area (TPSA) is 55.1 Å². The monoisotopic (exact) mass is 326 g/mol. The van der Waals surface area contributed by atoms with Crippen LogP contribution in [0.5, 0.6) is 0 Å². The first-order chi connectivity index (χ1) is 11.1. The second kappa shape index (κ2) is 6.67. The molecule has 1 N–H and O–H groups in total. The number of halogens is 1. The summed E-state index contributed by atoms with van der Waals surface area (Å²) in [5, 5.41) is 3.51. The van der Waals surface area contributed by atoms with Crippen LogP contribution in [0.15, 0.2) is 59.1 Å². The van der Waals surface area contributed by atoms with Gasteiger partial charge in [0.2, 0.25) is 0 Å². The summed E-state index contributed by atoms with van der Waals surface area (Å²) >= 11 is 5.88. The van der Waals surface area contributed by atoms with Gasteiger partial charge < -0.3 is 9.73 Å². The van der Waals surface area contributed by atoms with Crippen LogP contribution in [-0.4, -0.2) is 10.9 Å². The van der Waals surface area contributed by atoms with Crippen LogP contribution in [-0.2, 0) is 6.54 Å². The fourth-order valence-electron chi connectivity index (χ4n) is 2.23. The minimum atomic E-state index is -0.183. The van der Waals surface area contributed by atoms with Gasteiger partial charge in [-0.25, -0.2) is 0 Å². The number of furan rings is 1. The van der Waals surface area contributed by atoms with Crippen LogP contribution in [0.2, 0.25) is 5.02 Å². The summed E-state index contributed by atoms with van der Waals surface area (Å²) in [6, 6.07) is 14.6. The van der Waals surface area contributed by atoms with E-state index < -0.39 is 0 Å². The highest BCUT2D eigenvalue weighted by molar-refractivity contribution is 6.30. The highest BCUT2D eigenvalue weighted by Gasteiger charge is 2.15. The van der Waals surface area contributed by atoms with Crippen molar-refractivity contribution in [2.75, 3.05) is 0 Å². The molecule has 0 saturated heterocycles. The minimum Gasteiger partial charge on any atom is -0.461 e. The van der Waals surface area contributed by atoms with Crippen molar-refractivity contribution in [1.29, 1.82) is 0 Å². The fourth-order valence-corrected chi connectivity index (χ4v) is 2.36. The molecule has 0 fully saturated rings. The van der Waals surface area contributed by atoms with Crippen molar-refractivity contribution in [3.8, 4) is 11.3 Å². The molecule has 116 valence electrons. The molecule has 0 spiro atoms. The third-order valence-electron chi connectivity index (χ3n) is 3.45. The Balaban J connectivity index is 1.75. The predicted octanol–water partition coefficient (Wildman–Crippen LogP) is 4.23. The molecule has 1 aromatic carbocycles. The van der Waals surface area contributed by atoms with Gasteiger partial charge in [0.15, 0.2) is 0 Å². The van der Waals surface area contributed by atoms with Crippen molar-refractivity contribution in [3.63, 3.8) is 0 Å². The SMILES string of the molecule is Cc1oc(-c2ccc(Cl)cc2)cc1C(=O)NCc1ccccn1. The summed E-state index contributed by atoms with van der Waals surface area (Å²) in [6.07, 6.45) is 1.70. The number of aromatic nitrogens is 1. The van der Waals surface area contributed by atoms with Crippen molar-refractivity contribution < 1.29 is 9.21 Å². The van der Waals surface area contributed by atoms with E-state index in [2.05, 4.69) is 10.3 Å². The van der Waals surface area contributed by atoms with E-state index in [4.69, 9.17) is 16.0 Å². The van der Waals surface area contributed by atoms with Crippen LogP contribution in [0.1, 0.15) is 21.8 Å². The first-order valence-electron chi connectivity index (χ1n) is 7.18. The molecule has 3 rings (SSSR count). The fraction of sp³-hybridized carbons (Fsp3) is 0.111. The maximum absolute atomic E-state index is 12.3. The third-order valence-corrected chi connectivity index (χ3v) is 3.70. The molecule has 23 heavy (non-hydrogen) atoms. The highest BCUT2D eigenvalue weighted by Crippen LogP contribution is 2.26. The van der Waals surface area contributed by atoms with Crippen LogP contribution in [0.3, 0.4) is 0 Å². The van der Waals surface area contributed by atoms with E-state index in [0.717, 1.165) is 11.3 Å². The van der Waals surface area contributed by atoms with Gasteiger partial charge in [0.05, 0.1) is 17.8 Å². The molecule has 1 amide bonds. The Morgan fingerprint density at radius 2 is 2.00 bits per heavy atom. The molecule has 4 nitrogen and oxygen atoms in total. The Kier molecular flexibility index (Phi) is 4.44. The molecule has 0 bridgehead atoms. The van der Waals surface area contributed by atoms with E-state index >= 15 is 0 Å². The number of pyridine rings is 1. The van der Waals surface area contributed by atoms with Crippen molar-refractivity contribution in [1.82, 2.24) is 10.3 Å². The number of benzene rings is 1. The quantitative estimate of drug-likeness (QED) is 0.780. The largest absolute Gasteiger partial charge is 0.461 e. The maximum Gasteiger partial charge on any atom is 0.255 e. The Bertz CT molecular complexity index is 811. The van der Waals surface area contributed by atoms with Gasteiger partial charge in [-0.2, -0.15) is 0 Å². The van der Waals surface area contributed by atoms with Gasteiger partial charge in [-0.1, -0.05) is 17.7 Å². The van der Waals surface area contributed by atoms with Gasteiger partial charge in [-0.05, 0) is 49.4 Å². The lowest BCUT2D eigenvalue weighted by molar-refractivity contribution is 0.0949. The van der Waals surface area contributed by atoms with E-state index in [0.29, 0.717) is 28.7 Å². The zero-order valence-corrected chi connectivity index (χ0v) is 13.3. The predicted molar refractivity (Wildman–Crippen MR) is 89.3 cm³/mol. The number of carbonyl (C=O) groups excluding carboxylic acids is 1. The average molecular weight is 327 g/mol. The molecular formula is C18H15ClN2O2. The Labute approximate surface area is 139 Å². The lowest BCUT2D eigenvalue weighted by atomic mass is 10.1. The first kappa shape index (κ1) is 15.3. The number of aryl methyl sites for hydroxylation is 1. The minimum absolute atomic E-state index is 0.183. The molecule has 0 radical (unpaired) electrons. The van der Waals surface area contributed by atoms with Gasteiger partial charge in [0.25, 0.3) is 5.91 Å². The van der Waals surface area contributed by atoms with E-state index in [1.807, 2.05) is 30.3 Å². The molecular weight excluding hydrogens is 312 g/mol. The molecule has 2 heterocycles. The number of rotatable bonds is 4. The molecule has 0 aliphatic rings. The van der Waals surface area contributed by atoms with Gasteiger partial charge in [-0.15, -0.1) is 0 Å². The number of amides is 1. The smallest absolute Gasteiger partial charge is 0.255 e. The number of nitrogens with zero attached hydrogens (tertiary/aromatic N) is 1. The molecule has 2 aromatic heterocycles. The zero-order valence-electron chi connectivity index (χ0n) is 12.5. The normalized spacial score (nSPS) is 10.5. The van der Waals surface area contributed by atoms with Crippen molar-refractivity contribution >= 4 is 17.5 Å². The molecule has 3 aromatic rings. The van der Waals surface area contributed by atoms with Gasteiger partial charge in [-0.3, -0.25) is 9.78 Å². The van der Waals surface area contributed by atoms with Gasteiger partial charge in [0, 0.05) is 16.8 Å². The third kappa shape index (κ3) is 3.60. The molecule has 0 aliphatic heterocycles. The lowest BCUT2D eigenvalue weighted by Crippen LogP contribution is -2.23. The van der Waals surface area contributed by atoms with E-state index in [1.54, 1.807) is 31.3 Å². The van der Waals surface area contributed by atoms with E-state index in [9.17, 15) is 4.79 Å². The van der Waals surface area contributed by atoms with Crippen LogP contribution in [0.25, 0.3) is 11.3 Å². The summed E-state index contributed by atoms with van der Waals surface area (Å²) in [5.74, 6) is 1.03. The summed E-state index contributed by atoms with van der Waals surface area (Å²) in [4.78, 5) is 16.5. The maximum atomic E-state index is 12.3. The Hall–Kier alpha value is -2.59. The second-order valence-electron chi connectivity index (χ2n) is 5.09. The summed E-state index contributed by atoms with van der Waals surface area (Å²) in [6.45, 7) is 2.15. The van der Waals surface area contributed by atoms with Crippen molar-refractivity contribution in [2.45, 2.75) is 13.5 Å². The average Bonchev–Trinajstić information content (AvgIpc) is 2.96.